The zero-order chi connectivity index (χ0) is 25.4. The van der Waals surface area contributed by atoms with Crippen molar-refractivity contribution in [1.29, 1.82) is 0 Å². The van der Waals surface area contributed by atoms with Gasteiger partial charge in [-0.15, -0.1) is 0 Å². The SMILES string of the molecule is CC(C)[C@@H](NC(=O)c1cccc2ncccc12)C(=O)N1CC[C@](O)(c2ccc(Cl)cc2)C(C)(C)C1. The van der Waals surface area contributed by atoms with E-state index in [2.05, 4.69) is 10.3 Å². The van der Waals surface area contributed by atoms with Gasteiger partial charge >= 0.3 is 0 Å². The quantitative estimate of drug-likeness (QED) is 0.535. The number of nitrogens with zero attached hydrogens (tertiary/aromatic N) is 2. The van der Waals surface area contributed by atoms with Gasteiger partial charge in [0.2, 0.25) is 5.91 Å². The average molecular weight is 494 g/mol. The molecule has 35 heavy (non-hydrogen) atoms. The molecule has 0 spiro atoms. The van der Waals surface area contributed by atoms with Gasteiger partial charge in [0.25, 0.3) is 5.91 Å². The van der Waals surface area contributed by atoms with Crippen LogP contribution in [0.2, 0.25) is 5.02 Å². The van der Waals surface area contributed by atoms with Crippen LogP contribution >= 0.6 is 11.6 Å². The highest BCUT2D eigenvalue weighted by Crippen LogP contribution is 2.46. The van der Waals surface area contributed by atoms with Crippen LogP contribution in [0, 0.1) is 11.3 Å². The van der Waals surface area contributed by atoms with E-state index in [-0.39, 0.29) is 17.7 Å². The molecule has 3 aromatic rings. The Bertz CT molecular complexity index is 1240. The molecular weight excluding hydrogens is 462 g/mol. The lowest BCUT2D eigenvalue weighted by molar-refractivity contribution is -0.155. The molecule has 2 amide bonds. The summed E-state index contributed by atoms with van der Waals surface area (Å²) in [5.41, 5.74) is 0.303. The number of hydrogen-bond donors (Lipinski definition) is 2. The molecule has 2 heterocycles. The number of halogens is 1. The van der Waals surface area contributed by atoms with Gasteiger partial charge in [0.05, 0.1) is 11.1 Å². The predicted molar refractivity (Wildman–Crippen MR) is 138 cm³/mol. The van der Waals surface area contributed by atoms with E-state index in [1.165, 1.54) is 0 Å². The van der Waals surface area contributed by atoms with Gasteiger partial charge < -0.3 is 15.3 Å². The summed E-state index contributed by atoms with van der Waals surface area (Å²) in [4.78, 5) is 33.0. The smallest absolute Gasteiger partial charge is 0.252 e. The molecule has 0 saturated carbocycles. The highest BCUT2D eigenvalue weighted by Gasteiger charge is 2.50. The molecule has 2 aromatic carbocycles. The Morgan fingerprint density at radius 2 is 1.80 bits per heavy atom. The van der Waals surface area contributed by atoms with Gasteiger partial charge in [0, 0.05) is 40.7 Å². The first-order chi connectivity index (χ1) is 16.5. The van der Waals surface area contributed by atoms with E-state index in [0.29, 0.717) is 30.1 Å². The Kier molecular flexibility index (Phi) is 6.89. The Balaban J connectivity index is 1.54. The van der Waals surface area contributed by atoms with Gasteiger partial charge in [0.15, 0.2) is 0 Å². The maximum Gasteiger partial charge on any atom is 0.252 e. The van der Waals surface area contributed by atoms with E-state index in [1.807, 2.05) is 52.0 Å². The van der Waals surface area contributed by atoms with Crippen molar-refractivity contribution >= 4 is 34.3 Å². The van der Waals surface area contributed by atoms with E-state index in [9.17, 15) is 14.7 Å². The third kappa shape index (κ3) is 4.78. The second kappa shape index (κ2) is 9.59. The number of amides is 2. The lowest BCUT2D eigenvalue weighted by Gasteiger charge is -2.51. The van der Waals surface area contributed by atoms with Crippen LogP contribution in [0.3, 0.4) is 0 Å². The number of carbonyl (C=O) groups excluding carboxylic acids is 2. The molecule has 2 atom stereocenters. The molecule has 0 unspecified atom stereocenters. The van der Waals surface area contributed by atoms with Crippen LogP contribution < -0.4 is 5.32 Å². The largest absolute Gasteiger partial charge is 0.384 e. The maximum atomic E-state index is 13.6. The van der Waals surface area contributed by atoms with Gasteiger partial charge in [-0.05, 0) is 48.2 Å². The molecule has 0 radical (unpaired) electrons. The van der Waals surface area contributed by atoms with E-state index in [1.54, 1.807) is 41.4 Å². The topological polar surface area (TPSA) is 82.5 Å². The Labute approximate surface area is 211 Å². The number of rotatable bonds is 5. The van der Waals surface area contributed by atoms with Gasteiger partial charge in [-0.1, -0.05) is 63.6 Å². The number of aliphatic hydroxyl groups is 1. The highest BCUT2D eigenvalue weighted by atomic mass is 35.5. The number of pyridine rings is 1. The van der Waals surface area contributed by atoms with Crippen molar-refractivity contribution in [2.75, 3.05) is 13.1 Å². The van der Waals surface area contributed by atoms with Crippen molar-refractivity contribution in [3.05, 3.63) is 76.9 Å². The first-order valence-electron chi connectivity index (χ1n) is 12.0. The monoisotopic (exact) mass is 493 g/mol. The minimum Gasteiger partial charge on any atom is -0.384 e. The summed E-state index contributed by atoms with van der Waals surface area (Å²) < 4.78 is 0. The van der Waals surface area contributed by atoms with Crippen LogP contribution in [0.5, 0.6) is 0 Å². The van der Waals surface area contributed by atoms with Crippen molar-refractivity contribution in [2.45, 2.75) is 45.8 Å². The maximum absolute atomic E-state index is 13.6. The number of hydrogen-bond acceptors (Lipinski definition) is 4. The first kappa shape index (κ1) is 25.1. The van der Waals surface area contributed by atoms with E-state index in [0.717, 1.165) is 16.5 Å². The fraction of sp³-hybridized carbons (Fsp3) is 0.393. The number of nitrogens with one attached hydrogen (secondary N) is 1. The van der Waals surface area contributed by atoms with Crippen LogP contribution in [0.1, 0.15) is 50.0 Å². The van der Waals surface area contributed by atoms with Gasteiger partial charge in [-0.2, -0.15) is 0 Å². The zero-order valence-corrected chi connectivity index (χ0v) is 21.3. The molecule has 1 fully saturated rings. The summed E-state index contributed by atoms with van der Waals surface area (Å²) in [6, 6.07) is 15.6. The van der Waals surface area contributed by atoms with Crippen molar-refractivity contribution in [3.63, 3.8) is 0 Å². The van der Waals surface area contributed by atoms with Gasteiger partial charge in [-0.25, -0.2) is 0 Å². The lowest BCUT2D eigenvalue weighted by Crippen LogP contribution is -2.60. The molecule has 6 nitrogen and oxygen atoms in total. The molecular formula is C28H32ClN3O3. The number of fused-ring (bicyclic) bond motifs is 1. The minimum absolute atomic E-state index is 0.111. The molecule has 0 aliphatic carbocycles. The van der Waals surface area contributed by atoms with E-state index in [4.69, 9.17) is 11.6 Å². The highest BCUT2D eigenvalue weighted by molar-refractivity contribution is 6.30. The fourth-order valence-corrected chi connectivity index (χ4v) is 5.13. The minimum atomic E-state index is -1.10. The second-order valence-corrected chi connectivity index (χ2v) is 10.8. The standard InChI is InChI=1S/C28H32ClN3O3/c1-18(2)24(31-25(33)22-7-5-9-23-21(22)8-6-15-30-23)26(34)32-16-14-28(35,27(3,4)17-32)19-10-12-20(29)13-11-19/h5-13,15,18,24,35H,14,16-17H2,1-4H3,(H,31,33)/t24-,28+/m1/s1. The van der Waals surface area contributed by atoms with Crippen LogP contribution in [0.4, 0.5) is 0 Å². The van der Waals surface area contributed by atoms with Crippen LogP contribution in [0.25, 0.3) is 10.9 Å². The van der Waals surface area contributed by atoms with Gasteiger partial charge in [-0.3, -0.25) is 14.6 Å². The molecule has 4 rings (SSSR count). The molecule has 1 aliphatic rings. The third-order valence-electron chi connectivity index (χ3n) is 7.19. The summed E-state index contributed by atoms with van der Waals surface area (Å²) in [5.74, 6) is -0.553. The molecule has 7 heteroatoms. The third-order valence-corrected chi connectivity index (χ3v) is 7.44. The summed E-state index contributed by atoms with van der Waals surface area (Å²) in [7, 11) is 0. The molecule has 0 bridgehead atoms. The predicted octanol–water partition coefficient (Wildman–Crippen LogP) is 4.79. The Morgan fingerprint density at radius 1 is 1.09 bits per heavy atom. The summed E-state index contributed by atoms with van der Waals surface area (Å²) in [6.07, 6.45) is 2.08. The molecule has 2 N–H and O–H groups in total. The number of aromatic nitrogens is 1. The number of likely N-dealkylation sites (tertiary alicyclic amines) is 1. The van der Waals surface area contributed by atoms with Crippen LogP contribution in [-0.4, -0.2) is 45.9 Å². The second-order valence-electron chi connectivity index (χ2n) is 10.3. The summed E-state index contributed by atoms with van der Waals surface area (Å²) >= 11 is 6.04. The fourth-order valence-electron chi connectivity index (χ4n) is 5.00. The normalized spacial score (nSPS) is 20.6. The van der Waals surface area contributed by atoms with Crippen molar-refractivity contribution in [1.82, 2.24) is 15.2 Å². The van der Waals surface area contributed by atoms with E-state index < -0.39 is 17.1 Å². The number of piperidine rings is 1. The summed E-state index contributed by atoms with van der Waals surface area (Å²) in [5, 5.41) is 16.0. The number of benzene rings is 2. The molecule has 184 valence electrons. The molecule has 1 saturated heterocycles. The summed E-state index contributed by atoms with van der Waals surface area (Å²) in [6.45, 7) is 8.53. The van der Waals surface area contributed by atoms with E-state index >= 15 is 0 Å². The molecule has 1 aromatic heterocycles. The first-order valence-corrected chi connectivity index (χ1v) is 12.3. The van der Waals surface area contributed by atoms with Crippen molar-refractivity contribution < 1.29 is 14.7 Å². The average Bonchev–Trinajstić information content (AvgIpc) is 2.83. The lowest BCUT2D eigenvalue weighted by atomic mass is 9.66. The number of carbonyl (C=O) groups is 2. The Hall–Kier alpha value is -2.96. The van der Waals surface area contributed by atoms with Crippen LogP contribution in [0.15, 0.2) is 60.8 Å². The Morgan fingerprint density at radius 3 is 2.46 bits per heavy atom. The van der Waals surface area contributed by atoms with Crippen molar-refractivity contribution in [3.8, 4) is 0 Å². The molecule has 1 aliphatic heterocycles. The zero-order valence-electron chi connectivity index (χ0n) is 20.6. The van der Waals surface area contributed by atoms with Gasteiger partial charge in [0.1, 0.15) is 6.04 Å². The van der Waals surface area contributed by atoms with Crippen LogP contribution in [-0.2, 0) is 10.4 Å². The van der Waals surface area contributed by atoms with Crippen molar-refractivity contribution in [2.24, 2.45) is 11.3 Å².